The highest BCUT2D eigenvalue weighted by atomic mass is 79.9. The molecule has 2 aromatic carbocycles. The predicted octanol–water partition coefficient (Wildman–Crippen LogP) is 3.33. The van der Waals surface area contributed by atoms with Crippen LogP contribution in [0.2, 0.25) is 0 Å². The van der Waals surface area contributed by atoms with Gasteiger partial charge in [0.2, 0.25) is 5.91 Å². The van der Waals surface area contributed by atoms with Gasteiger partial charge in [0, 0.05) is 30.7 Å². The summed E-state index contributed by atoms with van der Waals surface area (Å²) in [5.41, 5.74) is 0.950. The average molecular weight is 485 g/mol. The Hall–Kier alpha value is -2.26. The number of nitrogens with zero attached hydrogens (tertiary/aromatic N) is 1. The number of amides is 2. The molecule has 1 N–H and O–H groups in total. The first-order valence-electron chi connectivity index (χ1n) is 8.79. The molecule has 0 bridgehead atoms. The van der Waals surface area contributed by atoms with Crippen LogP contribution in [-0.2, 0) is 14.6 Å². The average Bonchev–Trinajstić information content (AvgIpc) is 2.67. The largest absolute Gasteiger partial charge is 0.351 e. The number of sulfone groups is 1. The Morgan fingerprint density at radius 2 is 1.79 bits per heavy atom. The van der Waals surface area contributed by atoms with E-state index in [1.165, 1.54) is 29.2 Å². The van der Waals surface area contributed by atoms with Gasteiger partial charge in [0.15, 0.2) is 9.84 Å². The fraction of sp³-hybridized carbons (Fsp3) is 0.300. The van der Waals surface area contributed by atoms with E-state index in [0.29, 0.717) is 4.47 Å². The number of benzene rings is 2. The monoisotopic (exact) mass is 484 g/mol. The molecule has 0 aliphatic rings. The van der Waals surface area contributed by atoms with Crippen LogP contribution in [0, 0.1) is 5.82 Å². The minimum absolute atomic E-state index is 0.0704. The van der Waals surface area contributed by atoms with Gasteiger partial charge >= 0.3 is 0 Å². The molecular formula is C20H22BrFN2O4S. The van der Waals surface area contributed by atoms with Crippen LogP contribution in [0.3, 0.4) is 0 Å². The Morgan fingerprint density at radius 3 is 2.38 bits per heavy atom. The van der Waals surface area contributed by atoms with Gasteiger partial charge in [-0.2, -0.15) is 0 Å². The molecule has 2 amide bonds. The van der Waals surface area contributed by atoms with Gasteiger partial charge in [-0.1, -0.05) is 12.1 Å². The van der Waals surface area contributed by atoms with Crippen molar-refractivity contribution < 1.29 is 22.4 Å². The van der Waals surface area contributed by atoms with Crippen molar-refractivity contribution in [1.29, 1.82) is 0 Å². The number of rotatable bonds is 7. The SMILES string of the molecule is CC(c1ccc(S(C)(=O)=O)cc1)N(C)C(=O)CCNC(=O)c1cc(F)ccc1Br. The standard InChI is InChI=1S/C20H22BrFN2O4S/c1-13(14-4-7-16(8-5-14)29(3,27)28)24(2)19(25)10-11-23-20(26)17-12-15(22)6-9-18(17)21/h4-9,12-13H,10-11H2,1-3H3,(H,23,26). The van der Waals surface area contributed by atoms with Crippen molar-refractivity contribution in [2.75, 3.05) is 19.8 Å². The molecule has 0 aliphatic carbocycles. The number of hydrogen-bond acceptors (Lipinski definition) is 4. The highest BCUT2D eigenvalue weighted by Gasteiger charge is 2.19. The molecule has 0 fully saturated rings. The smallest absolute Gasteiger partial charge is 0.252 e. The summed E-state index contributed by atoms with van der Waals surface area (Å²) in [5.74, 6) is -1.19. The van der Waals surface area contributed by atoms with Crippen molar-refractivity contribution in [3.05, 3.63) is 63.9 Å². The van der Waals surface area contributed by atoms with E-state index in [9.17, 15) is 22.4 Å². The summed E-state index contributed by atoms with van der Waals surface area (Å²) in [4.78, 5) is 26.3. The molecule has 0 spiro atoms. The maximum atomic E-state index is 13.3. The summed E-state index contributed by atoms with van der Waals surface area (Å²) in [6, 6.07) is 9.90. The first kappa shape index (κ1) is 23.0. The Kier molecular flexibility index (Phi) is 7.54. The van der Waals surface area contributed by atoms with Gasteiger partial charge in [-0.15, -0.1) is 0 Å². The van der Waals surface area contributed by atoms with E-state index in [1.807, 2.05) is 6.92 Å². The Bertz CT molecular complexity index is 1010. The van der Waals surface area contributed by atoms with E-state index in [1.54, 1.807) is 19.2 Å². The molecule has 2 aromatic rings. The molecule has 156 valence electrons. The predicted molar refractivity (Wildman–Crippen MR) is 112 cm³/mol. The summed E-state index contributed by atoms with van der Waals surface area (Å²) in [5, 5.41) is 2.61. The van der Waals surface area contributed by atoms with E-state index < -0.39 is 21.6 Å². The third kappa shape index (κ3) is 6.11. The number of halogens is 2. The van der Waals surface area contributed by atoms with Crippen molar-refractivity contribution in [2.45, 2.75) is 24.3 Å². The Balaban J connectivity index is 1.93. The van der Waals surface area contributed by atoms with Gasteiger partial charge in [0.25, 0.3) is 5.91 Å². The van der Waals surface area contributed by atoms with Crippen molar-refractivity contribution >= 4 is 37.6 Å². The molecule has 1 unspecified atom stereocenters. The van der Waals surface area contributed by atoms with Gasteiger partial charge in [0.1, 0.15) is 5.82 Å². The molecule has 0 radical (unpaired) electrons. The molecule has 2 rings (SSSR count). The topological polar surface area (TPSA) is 83.6 Å². The van der Waals surface area contributed by atoms with E-state index in [-0.39, 0.29) is 35.4 Å². The Labute approximate surface area is 178 Å². The molecule has 0 heterocycles. The van der Waals surface area contributed by atoms with Crippen LogP contribution in [0.25, 0.3) is 0 Å². The van der Waals surface area contributed by atoms with Gasteiger partial charge in [-0.25, -0.2) is 12.8 Å². The first-order valence-corrected chi connectivity index (χ1v) is 11.5. The van der Waals surface area contributed by atoms with Crippen molar-refractivity contribution in [1.82, 2.24) is 10.2 Å². The lowest BCUT2D eigenvalue weighted by Gasteiger charge is -2.25. The van der Waals surface area contributed by atoms with Crippen LogP contribution in [-0.4, -0.2) is 45.0 Å². The summed E-state index contributed by atoms with van der Waals surface area (Å²) in [7, 11) is -1.64. The highest BCUT2D eigenvalue weighted by Crippen LogP contribution is 2.21. The third-order valence-electron chi connectivity index (χ3n) is 4.56. The van der Waals surface area contributed by atoms with E-state index in [0.717, 1.165) is 17.9 Å². The molecule has 6 nitrogen and oxygen atoms in total. The minimum atomic E-state index is -3.28. The summed E-state index contributed by atoms with van der Waals surface area (Å²) in [6.45, 7) is 1.93. The lowest BCUT2D eigenvalue weighted by Crippen LogP contribution is -2.33. The van der Waals surface area contributed by atoms with Gasteiger partial charge < -0.3 is 10.2 Å². The lowest BCUT2D eigenvalue weighted by molar-refractivity contribution is -0.131. The van der Waals surface area contributed by atoms with Crippen LogP contribution < -0.4 is 5.32 Å². The van der Waals surface area contributed by atoms with E-state index >= 15 is 0 Å². The summed E-state index contributed by atoms with van der Waals surface area (Å²) >= 11 is 3.20. The van der Waals surface area contributed by atoms with Crippen molar-refractivity contribution in [3.63, 3.8) is 0 Å². The zero-order chi connectivity index (χ0) is 21.8. The molecule has 1 atom stereocenters. The zero-order valence-corrected chi connectivity index (χ0v) is 18.7. The van der Waals surface area contributed by atoms with E-state index in [4.69, 9.17) is 0 Å². The molecule has 0 saturated heterocycles. The second kappa shape index (κ2) is 9.49. The number of carbonyl (C=O) groups excluding carboxylic acids is 2. The summed E-state index contributed by atoms with van der Waals surface area (Å²) < 4.78 is 36.9. The maximum absolute atomic E-state index is 13.3. The molecule has 29 heavy (non-hydrogen) atoms. The molecular weight excluding hydrogens is 463 g/mol. The molecule has 0 saturated carbocycles. The number of hydrogen-bond donors (Lipinski definition) is 1. The van der Waals surface area contributed by atoms with Crippen LogP contribution >= 0.6 is 15.9 Å². The van der Waals surface area contributed by atoms with E-state index in [2.05, 4.69) is 21.2 Å². The van der Waals surface area contributed by atoms with Gasteiger partial charge in [-0.05, 0) is 58.7 Å². The first-order chi connectivity index (χ1) is 13.5. The molecule has 0 aliphatic heterocycles. The van der Waals surface area contributed by atoms with Gasteiger partial charge in [-0.3, -0.25) is 9.59 Å². The molecule has 9 heteroatoms. The van der Waals surface area contributed by atoms with Crippen LogP contribution in [0.4, 0.5) is 4.39 Å². The van der Waals surface area contributed by atoms with Gasteiger partial charge in [0.05, 0.1) is 16.5 Å². The summed E-state index contributed by atoms with van der Waals surface area (Å²) in [6.07, 6.45) is 1.21. The quantitative estimate of drug-likeness (QED) is 0.653. The van der Waals surface area contributed by atoms with Crippen molar-refractivity contribution in [3.8, 4) is 0 Å². The maximum Gasteiger partial charge on any atom is 0.252 e. The number of carbonyl (C=O) groups is 2. The van der Waals surface area contributed by atoms with Crippen molar-refractivity contribution in [2.24, 2.45) is 0 Å². The minimum Gasteiger partial charge on any atom is -0.351 e. The highest BCUT2D eigenvalue weighted by molar-refractivity contribution is 9.10. The molecule has 0 aromatic heterocycles. The van der Waals surface area contributed by atoms with Crippen LogP contribution in [0.5, 0.6) is 0 Å². The zero-order valence-electron chi connectivity index (χ0n) is 16.3. The normalized spacial score (nSPS) is 12.3. The lowest BCUT2D eigenvalue weighted by atomic mass is 10.1. The second-order valence-corrected chi connectivity index (χ2v) is 9.52. The third-order valence-corrected chi connectivity index (χ3v) is 6.38. The second-order valence-electron chi connectivity index (χ2n) is 6.65. The number of nitrogens with one attached hydrogen (secondary N) is 1. The Morgan fingerprint density at radius 1 is 1.17 bits per heavy atom. The fourth-order valence-corrected chi connectivity index (χ4v) is 3.72. The fourth-order valence-electron chi connectivity index (χ4n) is 2.66. The van der Waals surface area contributed by atoms with Crippen LogP contribution in [0.1, 0.15) is 35.3 Å². The van der Waals surface area contributed by atoms with Crippen LogP contribution in [0.15, 0.2) is 51.8 Å².